The Bertz CT molecular complexity index is 185. The average Bonchev–Trinajstić information content (AvgIpc) is 2.23. The van der Waals surface area contributed by atoms with E-state index in [0.717, 1.165) is 12.8 Å². The lowest BCUT2D eigenvalue weighted by Crippen LogP contribution is -2.30. The fourth-order valence-electron chi connectivity index (χ4n) is 1.61. The van der Waals surface area contributed by atoms with Crippen LogP contribution in [0, 0.1) is 0 Å². The van der Waals surface area contributed by atoms with Crippen LogP contribution in [0.25, 0.3) is 0 Å². The van der Waals surface area contributed by atoms with Crippen LogP contribution in [-0.4, -0.2) is 29.8 Å². The van der Waals surface area contributed by atoms with Crippen molar-refractivity contribution >= 4 is 5.97 Å². The second-order valence-corrected chi connectivity index (χ2v) is 4.20. The molecular formula is C12H25NO3. The van der Waals surface area contributed by atoms with Gasteiger partial charge in [0.1, 0.15) is 0 Å². The number of rotatable bonds is 10. The summed E-state index contributed by atoms with van der Waals surface area (Å²) in [5.41, 5.74) is 5.34. The predicted octanol–water partition coefficient (Wildman–Crippen LogP) is 2.16. The lowest BCUT2D eigenvalue weighted by Gasteiger charge is -2.18. The van der Waals surface area contributed by atoms with E-state index in [4.69, 9.17) is 15.6 Å². The van der Waals surface area contributed by atoms with E-state index in [2.05, 4.69) is 6.92 Å². The van der Waals surface area contributed by atoms with Crippen LogP contribution < -0.4 is 5.73 Å². The Kier molecular flexibility index (Phi) is 9.24. The zero-order chi connectivity index (χ0) is 12.4. The van der Waals surface area contributed by atoms with Crippen LogP contribution in [0.2, 0.25) is 0 Å². The molecular weight excluding hydrogens is 206 g/mol. The SMILES string of the molecule is CCCCCCC(C)OC(CCN)C(=O)O. The number of nitrogens with two attached hydrogens (primary N) is 1. The summed E-state index contributed by atoms with van der Waals surface area (Å²) in [6, 6.07) is 0. The average molecular weight is 231 g/mol. The van der Waals surface area contributed by atoms with Crippen LogP contribution in [0.3, 0.4) is 0 Å². The standard InChI is InChI=1S/C12H25NO3/c1-3-4-5-6-7-10(2)16-11(8-9-13)12(14)15/h10-11H,3-9,13H2,1-2H3,(H,14,15). The summed E-state index contributed by atoms with van der Waals surface area (Å²) < 4.78 is 5.45. The van der Waals surface area contributed by atoms with Crippen molar-refractivity contribution in [2.75, 3.05) is 6.54 Å². The lowest BCUT2D eigenvalue weighted by atomic mass is 10.1. The Morgan fingerprint density at radius 3 is 2.50 bits per heavy atom. The van der Waals surface area contributed by atoms with Crippen molar-refractivity contribution in [3.63, 3.8) is 0 Å². The molecule has 0 saturated carbocycles. The third-order valence-corrected chi connectivity index (χ3v) is 2.57. The molecule has 16 heavy (non-hydrogen) atoms. The third-order valence-electron chi connectivity index (χ3n) is 2.57. The van der Waals surface area contributed by atoms with Gasteiger partial charge < -0.3 is 15.6 Å². The predicted molar refractivity (Wildman–Crippen MR) is 64.4 cm³/mol. The van der Waals surface area contributed by atoms with E-state index in [1.54, 1.807) is 0 Å². The van der Waals surface area contributed by atoms with Gasteiger partial charge in [-0.05, 0) is 26.3 Å². The number of ether oxygens (including phenoxy) is 1. The molecule has 4 heteroatoms. The molecule has 0 rings (SSSR count). The molecule has 0 bridgehead atoms. The van der Waals surface area contributed by atoms with Crippen LogP contribution in [0.5, 0.6) is 0 Å². The highest BCUT2D eigenvalue weighted by molar-refractivity contribution is 5.72. The molecule has 0 aliphatic carbocycles. The molecule has 4 nitrogen and oxygen atoms in total. The number of hydrogen-bond acceptors (Lipinski definition) is 3. The van der Waals surface area contributed by atoms with Crippen LogP contribution >= 0.6 is 0 Å². The van der Waals surface area contributed by atoms with Crippen molar-refractivity contribution in [1.29, 1.82) is 0 Å². The number of carbonyl (C=O) groups is 1. The molecule has 2 atom stereocenters. The highest BCUT2D eigenvalue weighted by Crippen LogP contribution is 2.11. The summed E-state index contributed by atoms with van der Waals surface area (Å²) in [4.78, 5) is 10.8. The number of aliphatic carboxylic acids is 1. The minimum atomic E-state index is -0.911. The largest absolute Gasteiger partial charge is 0.479 e. The first kappa shape index (κ1) is 15.4. The molecule has 0 saturated heterocycles. The van der Waals surface area contributed by atoms with Gasteiger partial charge in [0.25, 0.3) is 0 Å². The van der Waals surface area contributed by atoms with Gasteiger partial charge in [-0.3, -0.25) is 0 Å². The van der Waals surface area contributed by atoms with E-state index in [0.29, 0.717) is 13.0 Å². The summed E-state index contributed by atoms with van der Waals surface area (Å²) in [5.74, 6) is -0.911. The van der Waals surface area contributed by atoms with E-state index in [1.165, 1.54) is 19.3 Å². The van der Waals surface area contributed by atoms with Gasteiger partial charge >= 0.3 is 5.97 Å². The number of carboxylic acids is 1. The molecule has 0 amide bonds. The minimum absolute atomic E-state index is 0.00417. The van der Waals surface area contributed by atoms with Crippen molar-refractivity contribution in [2.24, 2.45) is 5.73 Å². The maximum atomic E-state index is 10.8. The molecule has 3 N–H and O–H groups in total. The van der Waals surface area contributed by atoms with E-state index < -0.39 is 12.1 Å². The van der Waals surface area contributed by atoms with Gasteiger partial charge in [0, 0.05) is 0 Å². The minimum Gasteiger partial charge on any atom is -0.479 e. The molecule has 0 aromatic rings. The summed E-state index contributed by atoms with van der Waals surface area (Å²) in [6.07, 6.45) is 5.31. The normalized spacial score (nSPS) is 14.7. The van der Waals surface area contributed by atoms with E-state index in [-0.39, 0.29) is 6.10 Å². The zero-order valence-corrected chi connectivity index (χ0v) is 10.4. The maximum absolute atomic E-state index is 10.8. The molecule has 0 heterocycles. The molecule has 0 spiro atoms. The fraction of sp³-hybridized carbons (Fsp3) is 0.917. The monoisotopic (exact) mass is 231 g/mol. The smallest absolute Gasteiger partial charge is 0.332 e. The van der Waals surface area contributed by atoms with Gasteiger partial charge in [0.2, 0.25) is 0 Å². The molecule has 0 aliphatic rings. The summed E-state index contributed by atoms with van der Waals surface area (Å²) in [7, 11) is 0. The van der Waals surface area contributed by atoms with Gasteiger partial charge in [-0.2, -0.15) is 0 Å². The summed E-state index contributed by atoms with van der Waals surface area (Å²) in [6.45, 7) is 4.44. The topological polar surface area (TPSA) is 72.5 Å². The van der Waals surface area contributed by atoms with Crippen molar-refractivity contribution in [3.05, 3.63) is 0 Å². The zero-order valence-electron chi connectivity index (χ0n) is 10.4. The molecule has 2 unspecified atom stereocenters. The summed E-state index contributed by atoms with van der Waals surface area (Å²) in [5, 5.41) is 8.88. The van der Waals surface area contributed by atoms with Crippen molar-refractivity contribution in [2.45, 2.75) is 64.6 Å². The van der Waals surface area contributed by atoms with Crippen LogP contribution in [-0.2, 0) is 9.53 Å². The Morgan fingerprint density at radius 2 is 2.00 bits per heavy atom. The highest BCUT2D eigenvalue weighted by atomic mass is 16.5. The number of hydrogen-bond donors (Lipinski definition) is 2. The first-order valence-electron chi connectivity index (χ1n) is 6.20. The number of unbranched alkanes of at least 4 members (excludes halogenated alkanes) is 3. The second kappa shape index (κ2) is 9.60. The van der Waals surface area contributed by atoms with E-state index >= 15 is 0 Å². The summed E-state index contributed by atoms with van der Waals surface area (Å²) >= 11 is 0. The first-order valence-corrected chi connectivity index (χ1v) is 6.20. The van der Waals surface area contributed by atoms with Gasteiger partial charge in [0.15, 0.2) is 6.10 Å². The molecule has 0 fully saturated rings. The Labute approximate surface area is 98.2 Å². The van der Waals surface area contributed by atoms with Crippen LogP contribution in [0.1, 0.15) is 52.4 Å². The molecule has 0 radical (unpaired) electrons. The third kappa shape index (κ3) is 7.65. The van der Waals surface area contributed by atoms with Gasteiger partial charge in [-0.25, -0.2) is 4.79 Å². The van der Waals surface area contributed by atoms with Crippen molar-refractivity contribution in [1.82, 2.24) is 0 Å². The van der Waals surface area contributed by atoms with Crippen LogP contribution in [0.15, 0.2) is 0 Å². The fourth-order valence-corrected chi connectivity index (χ4v) is 1.61. The molecule has 96 valence electrons. The Morgan fingerprint density at radius 1 is 1.31 bits per heavy atom. The Hall–Kier alpha value is -0.610. The van der Waals surface area contributed by atoms with Crippen molar-refractivity contribution in [3.8, 4) is 0 Å². The van der Waals surface area contributed by atoms with Crippen LogP contribution in [0.4, 0.5) is 0 Å². The highest BCUT2D eigenvalue weighted by Gasteiger charge is 2.19. The van der Waals surface area contributed by atoms with Gasteiger partial charge in [-0.1, -0.05) is 32.6 Å². The van der Waals surface area contributed by atoms with Gasteiger partial charge in [-0.15, -0.1) is 0 Å². The molecule has 0 aromatic heterocycles. The maximum Gasteiger partial charge on any atom is 0.332 e. The van der Waals surface area contributed by atoms with Crippen molar-refractivity contribution < 1.29 is 14.6 Å². The first-order chi connectivity index (χ1) is 7.61. The quantitative estimate of drug-likeness (QED) is 0.565. The lowest BCUT2D eigenvalue weighted by molar-refractivity contribution is -0.154. The van der Waals surface area contributed by atoms with E-state index in [9.17, 15) is 4.79 Å². The number of carboxylic acid groups (broad SMARTS) is 1. The molecule has 0 aliphatic heterocycles. The molecule has 0 aromatic carbocycles. The van der Waals surface area contributed by atoms with Gasteiger partial charge in [0.05, 0.1) is 6.10 Å². The second-order valence-electron chi connectivity index (χ2n) is 4.20. The van der Waals surface area contributed by atoms with E-state index in [1.807, 2.05) is 6.92 Å². The Balaban J connectivity index is 3.72.